The van der Waals surface area contributed by atoms with Gasteiger partial charge in [0, 0.05) is 52.1 Å². The minimum Gasteiger partial charge on any atom is -0.379 e. The van der Waals surface area contributed by atoms with Crippen LogP contribution in [0.5, 0.6) is 0 Å². The Morgan fingerprint density at radius 3 is 2.79 bits per heavy atom. The maximum absolute atomic E-state index is 13.4. The number of fused-ring (bicyclic) bond motifs is 1. The van der Waals surface area contributed by atoms with E-state index in [0.717, 1.165) is 35.4 Å². The zero-order valence-corrected chi connectivity index (χ0v) is 19.3. The Hall–Kier alpha value is -3.29. The molecule has 3 aromatic heterocycles. The number of anilines is 1. The number of ether oxygens (including phenoxy) is 1. The Labute approximate surface area is 196 Å². The van der Waals surface area contributed by atoms with E-state index >= 15 is 0 Å². The molecular formula is C25H24ClN5O2. The first-order valence-electron chi connectivity index (χ1n) is 11.0. The average molecular weight is 462 g/mol. The van der Waals surface area contributed by atoms with E-state index in [4.69, 9.17) is 16.3 Å². The van der Waals surface area contributed by atoms with Crippen molar-refractivity contribution in [2.75, 3.05) is 18.5 Å². The van der Waals surface area contributed by atoms with Gasteiger partial charge in [0.05, 0.1) is 18.3 Å². The SMILES string of the molecule is CCn1c(=O)c(-c2ccc(-c3cccc(C)n3)cc2Cl)cc2cnc(N[C@H]3CCOC3)nc21. The van der Waals surface area contributed by atoms with Crippen LogP contribution >= 0.6 is 11.6 Å². The Kier molecular flexibility index (Phi) is 5.83. The van der Waals surface area contributed by atoms with Crippen LogP contribution in [0.1, 0.15) is 19.0 Å². The molecule has 0 spiro atoms. The van der Waals surface area contributed by atoms with E-state index < -0.39 is 0 Å². The van der Waals surface area contributed by atoms with Gasteiger partial charge in [0.1, 0.15) is 5.65 Å². The Morgan fingerprint density at radius 2 is 2.06 bits per heavy atom. The van der Waals surface area contributed by atoms with Crippen LogP contribution in [0, 0.1) is 6.92 Å². The first-order valence-corrected chi connectivity index (χ1v) is 11.4. The summed E-state index contributed by atoms with van der Waals surface area (Å²) in [6, 6.07) is 13.5. The molecule has 5 rings (SSSR count). The third-order valence-corrected chi connectivity index (χ3v) is 6.16. The zero-order valence-electron chi connectivity index (χ0n) is 18.5. The van der Waals surface area contributed by atoms with Crippen molar-refractivity contribution < 1.29 is 4.74 Å². The summed E-state index contributed by atoms with van der Waals surface area (Å²) in [5.74, 6) is 0.500. The number of aromatic nitrogens is 4. The minimum absolute atomic E-state index is 0.137. The van der Waals surface area contributed by atoms with Crippen molar-refractivity contribution in [3.8, 4) is 22.4 Å². The molecule has 8 heteroatoms. The fraction of sp³-hybridized carbons (Fsp3) is 0.280. The lowest BCUT2D eigenvalue weighted by Crippen LogP contribution is -2.24. The van der Waals surface area contributed by atoms with Crippen LogP contribution in [0.15, 0.2) is 53.5 Å². The second kappa shape index (κ2) is 8.92. The summed E-state index contributed by atoms with van der Waals surface area (Å²) >= 11 is 6.66. The first kappa shape index (κ1) is 21.6. The maximum atomic E-state index is 13.4. The van der Waals surface area contributed by atoms with Crippen molar-refractivity contribution in [3.05, 3.63) is 69.7 Å². The molecule has 1 atom stereocenters. The van der Waals surface area contributed by atoms with Crippen molar-refractivity contribution in [1.29, 1.82) is 0 Å². The number of hydrogen-bond donors (Lipinski definition) is 1. The summed E-state index contributed by atoms with van der Waals surface area (Å²) in [6.07, 6.45) is 2.65. The molecule has 4 heterocycles. The molecule has 0 aliphatic carbocycles. The molecule has 33 heavy (non-hydrogen) atoms. The number of pyridine rings is 2. The predicted molar refractivity (Wildman–Crippen MR) is 131 cm³/mol. The summed E-state index contributed by atoms with van der Waals surface area (Å²) in [4.78, 5) is 27.1. The number of halogens is 1. The molecule has 4 aromatic rings. The van der Waals surface area contributed by atoms with E-state index in [0.29, 0.717) is 40.9 Å². The third-order valence-electron chi connectivity index (χ3n) is 5.85. The van der Waals surface area contributed by atoms with Crippen LogP contribution in [0.3, 0.4) is 0 Å². The molecule has 7 nitrogen and oxygen atoms in total. The smallest absolute Gasteiger partial charge is 0.260 e. The molecule has 0 amide bonds. The lowest BCUT2D eigenvalue weighted by molar-refractivity contribution is 0.195. The molecule has 1 fully saturated rings. The Balaban J connectivity index is 1.56. The van der Waals surface area contributed by atoms with Gasteiger partial charge < -0.3 is 10.1 Å². The van der Waals surface area contributed by atoms with Crippen LogP contribution in [0.4, 0.5) is 5.95 Å². The van der Waals surface area contributed by atoms with E-state index in [-0.39, 0.29) is 11.6 Å². The molecule has 0 saturated carbocycles. The van der Waals surface area contributed by atoms with Crippen molar-refractivity contribution in [2.24, 2.45) is 0 Å². The van der Waals surface area contributed by atoms with Gasteiger partial charge in [-0.2, -0.15) is 4.98 Å². The molecule has 0 unspecified atom stereocenters. The maximum Gasteiger partial charge on any atom is 0.260 e. The number of rotatable bonds is 5. The van der Waals surface area contributed by atoms with E-state index in [9.17, 15) is 4.79 Å². The number of nitrogens with zero attached hydrogens (tertiary/aromatic N) is 4. The summed E-state index contributed by atoms with van der Waals surface area (Å²) in [7, 11) is 0. The van der Waals surface area contributed by atoms with E-state index in [2.05, 4.69) is 20.3 Å². The Bertz CT molecular complexity index is 1400. The molecule has 168 valence electrons. The zero-order chi connectivity index (χ0) is 22.9. The quantitative estimate of drug-likeness (QED) is 0.463. The monoisotopic (exact) mass is 461 g/mol. The van der Waals surface area contributed by atoms with Crippen LogP contribution in [0.25, 0.3) is 33.4 Å². The van der Waals surface area contributed by atoms with Gasteiger partial charge in [0.2, 0.25) is 5.95 Å². The van der Waals surface area contributed by atoms with Crippen molar-refractivity contribution in [2.45, 2.75) is 32.9 Å². The van der Waals surface area contributed by atoms with E-state index in [1.165, 1.54) is 0 Å². The van der Waals surface area contributed by atoms with Gasteiger partial charge in [-0.1, -0.05) is 29.8 Å². The van der Waals surface area contributed by atoms with Crippen LogP contribution in [0.2, 0.25) is 5.02 Å². The van der Waals surface area contributed by atoms with Gasteiger partial charge in [0.25, 0.3) is 5.56 Å². The van der Waals surface area contributed by atoms with Gasteiger partial charge in [-0.3, -0.25) is 14.3 Å². The standard InChI is InChI=1S/C25H24ClN5O2/c1-3-31-23-17(13-27-25(30-23)29-18-9-10-33-14-18)11-20(24(31)32)19-8-7-16(12-21(19)26)22-6-4-5-15(2)28-22/h4-8,11-13,18H,3,9-10,14H2,1-2H3,(H,27,29,30)/t18-/m0/s1. The predicted octanol–water partition coefficient (Wildman–Crippen LogP) is 4.70. The second-order valence-corrected chi connectivity index (χ2v) is 8.55. The largest absolute Gasteiger partial charge is 0.379 e. The van der Waals surface area contributed by atoms with E-state index in [1.54, 1.807) is 10.8 Å². The van der Waals surface area contributed by atoms with Crippen LogP contribution in [-0.2, 0) is 11.3 Å². The topological polar surface area (TPSA) is 81.9 Å². The summed E-state index contributed by atoms with van der Waals surface area (Å²) in [6.45, 7) is 5.72. The number of aryl methyl sites for hydroxylation is 2. The number of nitrogens with one attached hydrogen (secondary N) is 1. The number of hydrogen-bond acceptors (Lipinski definition) is 6. The Morgan fingerprint density at radius 1 is 1.18 bits per heavy atom. The minimum atomic E-state index is -0.137. The van der Waals surface area contributed by atoms with Crippen molar-refractivity contribution in [1.82, 2.24) is 19.5 Å². The fourth-order valence-electron chi connectivity index (χ4n) is 4.14. The summed E-state index contributed by atoms with van der Waals surface area (Å²) in [5, 5.41) is 4.57. The average Bonchev–Trinajstić information content (AvgIpc) is 3.32. The highest BCUT2D eigenvalue weighted by Crippen LogP contribution is 2.31. The lowest BCUT2D eigenvalue weighted by Gasteiger charge is -2.14. The molecule has 1 aliphatic rings. The molecule has 1 N–H and O–H groups in total. The summed E-state index contributed by atoms with van der Waals surface area (Å²) in [5.41, 5.74) is 4.33. The fourth-order valence-corrected chi connectivity index (χ4v) is 4.42. The van der Waals surface area contributed by atoms with Gasteiger partial charge >= 0.3 is 0 Å². The molecular weight excluding hydrogens is 438 g/mol. The molecule has 0 radical (unpaired) electrons. The van der Waals surface area contributed by atoms with Crippen LogP contribution in [-0.4, -0.2) is 38.8 Å². The lowest BCUT2D eigenvalue weighted by atomic mass is 10.0. The van der Waals surface area contributed by atoms with Crippen LogP contribution < -0.4 is 10.9 Å². The van der Waals surface area contributed by atoms with Gasteiger partial charge in [-0.05, 0) is 44.5 Å². The van der Waals surface area contributed by atoms with Gasteiger partial charge in [-0.15, -0.1) is 0 Å². The normalized spacial score (nSPS) is 15.8. The summed E-state index contributed by atoms with van der Waals surface area (Å²) < 4.78 is 7.07. The molecule has 0 bridgehead atoms. The highest BCUT2D eigenvalue weighted by atomic mass is 35.5. The van der Waals surface area contributed by atoms with E-state index in [1.807, 2.05) is 56.3 Å². The number of benzene rings is 1. The second-order valence-electron chi connectivity index (χ2n) is 8.14. The molecule has 1 aromatic carbocycles. The highest BCUT2D eigenvalue weighted by molar-refractivity contribution is 6.33. The molecule has 1 saturated heterocycles. The first-order chi connectivity index (χ1) is 16.0. The third kappa shape index (κ3) is 4.21. The molecule has 1 aliphatic heterocycles. The highest BCUT2D eigenvalue weighted by Gasteiger charge is 2.18. The van der Waals surface area contributed by atoms with Crippen molar-refractivity contribution in [3.63, 3.8) is 0 Å². The van der Waals surface area contributed by atoms with Gasteiger partial charge in [-0.25, -0.2) is 4.98 Å². The van der Waals surface area contributed by atoms with Gasteiger partial charge in [0.15, 0.2) is 0 Å². The van der Waals surface area contributed by atoms with Crippen molar-refractivity contribution >= 4 is 28.6 Å².